The smallest absolute Gasteiger partial charge is 0.303 e. The van der Waals surface area contributed by atoms with Crippen LogP contribution in [-0.2, 0) is 4.79 Å². The second-order valence-electron chi connectivity index (χ2n) is 8.39. The van der Waals surface area contributed by atoms with Crippen LogP contribution in [0.5, 0.6) is 0 Å². The minimum atomic E-state index is -0.671. The molecule has 0 saturated carbocycles. The fraction of sp³-hybridized carbons (Fsp3) is 0.958. The van der Waals surface area contributed by atoms with Gasteiger partial charge in [0.15, 0.2) is 0 Å². The van der Waals surface area contributed by atoms with Gasteiger partial charge in [0.2, 0.25) is 0 Å². The van der Waals surface area contributed by atoms with E-state index < -0.39 is 5.97 Å². The van der Waals surface area contributed by atoms with Crippen LogP contribution in [0.2, 0.25) is 0 Å². The van der Waals surface area contributed by atoms with Crippen molar-refractivity contribution in [1.82, 2.24) is 0 Å². The number of aliphatic hydroxyl groups excluding tert-OH is 1. The Morgan fingerprint density at radius 1 is 0.593 bits per heavy atom. The van der Waals surface area contributed by atoms with Crippen LogP contribution in [0.1, 0.15) is 142 Å². The molecule has 162 valence electrons. The van der Waals surface area contributed by atoms with Gasteiger partial charge >= 0.3 is 5.97 Å². The van der Waals surface area contributed by atoms with E-state index in [0.717, 1.165) is 32.1 Å². The number of rotatable bonds is 22. The minimum absolute atomic E-state index is 0.0798. The number of aliphatic carboxylic acids is 1. The van der Waals surface area contributed by atoms with Crippen LogP contribution in [-0.4, -0.2) is 22.3 Å². The van der Waals surface area contributed by atoms with Gasteiger partial charge in [-0.15, -0.1) is 0 Å². The molecule has 0 aromatic rings. The molecule has 0 amide bonds. The highest BCUT2D eigenvalue weighted by Gasteiger charge is 2.04. The number of unbranched alkanes of at least 4 members (excludes halogenated alkanes) is 16. The molecule has 1 atom stereocenters. The molecule has 3 nitrogen and oxygen atoms in total. The van der Waals surface area contributed by atoms with E-state index in [1.807, 2.05) is 0 Å². The third-order valence-corrected chi connectivity index (χ3v) is 5.57. The Hall–Kier alpha value is -0.570. The van der Waals surface area contributed by atoms with Crippen LogP contribution in [0.4, 0.5) is 0 Å². The molecule has 0 spiro atoms. The molecule has 3 heteroatoms. The van der Waals surface area contributed by atoms with E-state index in [-0.39, 0.29) is 6.10 Å². The number of carboxylic acid groups (broad SMARTS) is 1. The van der Waals surface area contributed by atoms with E-state index in [1.165, 1.54) is 96.3 Å². The maximum Gasteiger partial charge on any atom is 0.303 e. The number of aliphatic hydroxyl groups is 1. The predicted molar refractivity (Wildman–Crippen MR) is 116 cm³/mol. The van der Waals surface area contributed by atoms with Crippen LogP contribution in [0.25, 0.3) is 0 Å². The summed E-state index contributed by atoms with van der Waals surface area (Å²) in [7, 11) is 0. The van der Waals surface area contributed by atoms with Crippen LogP contribution in [0, 0.1) is 0 Å². The Labute approximate surface area is 169 Å². The molecule has 0 aliphatic carbocycles. The second-order valence-corrected chi connectivity index (χ2v) is 8.39. The maximum absolute atomic E-state index is 10.4. The second kappa shape index (κ2) is 21.7. The lowest BCUT2D eigenvalue weighted by Crippen LogP contribution is -2.05. The van der Waals surface area contributed by atoms with Gasteiger partial charge in [0.1, 0.15) is 0 Å². The molecular formula is C24H48O3. The van der Waals surface area contributed by atoms with Gasteiger partial charge in [-0.3, -0.25) is 4.79 Å². The van der Waals surface area contributed by atoms with Gasteiger partial charge in [0, 0.05) is 6.42 Å². The Bertz CT molecular complexity index is 304. The normalized spacial score (nSPS) is 12.4. The van der Waals surface area contributed by atoms with E-state index in [4.69, 9.17) is 5.11 Å². The highest BCUT2D eigenvalue weighted by molar-refractivity contribution is 5.66. The molecule has 0 radical (unpaired) electrons. The average molecular weight is 385 g/mol. The summed E-state index contributed by atoms with van der Waals surface area (Å²) in [5, 5.41) is 18.6. The maximum atomic E-state index is 10.4. The van der Waals surface area contributed by atoms with E-state index >= 15 is 0 Å². The third kappa shape index (κ3) is 23.4. The van der Waals surface area contributed by atoms with Gasteiger partial charge in [-0.25, -0.2) is 0 Å². The molecule has 0 rings (SSSR count). The molecule has 1 unspecified atom stereocenters. The van der Waals surface area contributed by atoms with Crippen molar-refractivity contribution in [3.05, 3.63) is 0 Å². The van der Waals surface area contributed by atoms with Crippen molar-refractivity contribution < 1.29 is 15.0 Å². The monoisotopic (exact) mass is 384 g/mol. The summed E-state index contributed by atoms with van der Waals surface area (Å²) >= 11 is 0. The number of hydrogen-bond donors (Lipinski definition) is 2. The lowest BCUT2D eigenvalue weighted by atomic mass is 10.0. The van der Waals surface area contributed by atoms with Crippen LogP contribution in [0.3, 0.4) is 0 Å². The summed E-state index contributed by atoms with van der Waals surface area (Å²) in [6.07, 6.45) is 24.9. The van der Waals surface area contributed by atoms with Crippen molar-refractivity contribution in [3.8, 4) is 0 Å². The summed E-state index contributed by atoms with van der Waals surface area (Å²) < 4.78 is 0. The van der Waals surface area contributed by atoms with Gasteiger partial charge in [-0.05, 0) is 19.3 Å². The SMILES string of the molecule is CCCCCCCCCCCC(O)CCCCCCCCCCCC(=O)O. The summed E-state index contributed by atoms with van der Waals surface area (Å²) in [5.74, 6) is -0.671. The standard InChI is InChI=1S/C24H48O3/c1-2-3-4-5-6-8-11-14-17-20-23(25)21-18-15-12-9-7-10-13-16-19-22-24(26)27/h23,25H,2-22H2,1H3,(H,26,27). The Balaban J connectivity index is 3.15. The van der Waals surface area contributed by atoms with E-state index in [9.17, 15) is 9.90 Å². The van der Waals surface area contributed by atoms with Gasteiger partial charge in [0.05, 0.1) is 6.10 Å². The van der Waals surface area contributed by atoms with E-state index in [0.29, 0.717) is 6.42 Å². The fourth-order valence-corrected chi connectivity index (χ4v) is 3.73. The third-order valence-electron chi connectivity index (χ3n) is 5.57. The Morgan fingerprint density at radius 2 is 0.926 bits per heavy atom. The van der Waals surface area contributed by atoms with Crippen molar-refractivity contribution >= 4 is 5.97 Å². The zero-order chi connectivity index (χ0) is 20.0. The quantitative estimate of drug-likeness (QED) is 0.188. The Kier molecular flexibility index (Phi) is 21.3. The van der Waals surface area contributed by atoms with Crippen LogP contribution >= 0.6 is 0 Å². The predicted octanol–water partition coefficient (Wildman–Crippen LogP) is 7.64. The van der Waals surface area contributed by atoms with Crippen LogP contribution in [0.15, 0.2) is 0 Å². The molecule has 27 heavy (non-hydrogen) atoms. The Morgan fingerprint density at radius 3 is 1.30 bits per heavy atom. The molecular weight excluding hydrogens is 336 g/mol. The topological polar surface area (TPSA) is 57.5 Å². The largest absolute Gasteiger partial charge is 0.481 e. The first-order valence-electron chi connectivity index (χ1n) is 12.1. The lowest BCUT2D eigenvalue weighted by Gasteiger charge is -2.10. The lowest BCUT2D eigenvalue weighted by molar-refractivity contribution is -0.137. The molecule has 0 aliphatic heterocycles. The fourth-order valence-electron chi connectivity index (χ4n) is 3.73. The first kappa shape index (κ1) is 26.4. The van der Waals surface area contributed by atoms with Crippen molar-refractivity contribution in [2.24, 2.45) is 0 Å². The van der Waals surface area contributed by atoms with Crippen molar-refractivity contribution in [3.63, 3.8) is 0 Å². The van der Waals surface area contributed by atoms with E-state index in [1.54, 1.807) is 0 Å². The molecule has 0 aromatic heterocycles. The molecule has 0 bridgehead atoms. The number of carboxylic acids is 1. The molecule has 0 heterocycles. The minimum Gasteiger partial charge on any atom is -0.481 e. The summed E-state index contributed by atoms with van der Waals surface area (Å²) in [6.45, 7) is 2.26. The van der Waals surface area contributed by atoms with E-state index in [2.05, 4.69) is 6.92 Å². The molecule has 0 aliphatic rings. The van der Waals surface area contributed by atoms with Gasteiger partial charge in [-0.1, -0.05) is 116 Å². The van der Waals surface area contributed by atoms with Crippen molar-refractivity contribution in [1.29, 1.82) is 0 Å². The van der Waals surface area contributed by atoms with Crippen molar-refractivity contribution in [2.45, 2.75) is 148 Å². The number of carbonyl (C=O) groups is 1. The van der Waals surface area contributed by atoms with Gasteiger partial charge in [-0.2, -0.15) is 0 Å². The van der Waals surface area contributed by atoms with Crippen LogP contribution < -0.4 is 0 Å². The highest BCUT2D eigenvalue weighted by atomic mass is 16.4. The summed E-state index contributed by atoms with van der Waals surface area (Å²) in [4.78, 5) is 10.4. The average Bonchev–Trinajstić information content (AvgIpc) is 2.64. The zero-order valence-corrected chi connectivity index (χ0v) is 18.2. The zero-order valence-electron chi connectivity index (χ0n) is 18.2. The highest BCUT2D eigenvalue weighted by Crippen LogP contribution is 2.15. The first-order chi connectivity index (χ1) is 13.2. The summed E-state index contributed by atoms with van der Waals surface area (Å²) in [6, 6.07) is 0. The van der Waals surface area contributed by atoms with Gasteiger partial charge in [0.25, 0.3) is 0 Å². The molecule has 2 N–H and O–H groups in total. The van der Waals surface area contributed by atoms with Crippen molar-refractivity contribution in [2.75, 3.05) is 0 Å². The van der Waals surface area contributed by atoms with Gasteiger partial charge < -0.3 is 10.2 Å². The molecule has 0 saturated heterocycles. The summed E-state index contributed by atoms with van der Waals surface area (Å²) in [5.41, 5.74) is 0. The molecule has 0 aromatic carbocycles. The molecule has 0 fully saturated rings. The number of hydrogen-bond acceptors (Lipinski definition) is 2. The first-order valence-corrected chi connectivity index (χ1v) is 12.1.